The quantitative estimate of drug-likeness (QED) is 0.219. The molecule has 0 heterocycles. The first kappa shape index (κ1) is 16.7. The second-order valence-electron chi connectivity index (χ2n) is 4.69. The smallest absolute Gasteiger partial charge is 0.0285 e. The zero-order valence-corrected chi connectivity index (χ0v) is 11.8. The molecular formula is C18H28. The van der Waals surface area contributed by atoms with Crippen LogP contribution in [0, 0.1) is 0 Å². The summed E-state index contributed by atoms with van der Waals surface area (Å²) in [5.41, 5.74) is 2.31. The number of allylic oxidation sites excluding steroid dienone is 6. The highest BCUT2D eigenvalue weighted by atomic mass is 14.0. The van der Waals surface area contributed by atoms with Gasteiger partial charge in [0.05, 0.1) is 0 Å². The monoisotopic (exact) mass is 244 g/mol. The molecule has 0 aromatic heterocycles. The van der Waals surface area contributed by atoms with Crippen LogP contribution in [0.25, 0.3) is 0 Å². The van der Waals surface area contributed by atoms with E-state index in [9.17, 15) is 0 Å². The maximum absolute atomic E-state index is 3.91. The maximum Gasteiger partial charge on any atom is -0.0285 e. The summed E-state index contributed by atoms with van der Waals surface area (Å²) in [4.78, 5) is 0. The summed E-state index contributed by atoms with van der Waals surface area (Å²) < 4.78 is 0. The maximum atomic E-state index is 3.91. The second kappa shape index (κ2) is 12.2. The second-order valence-corrected chi connectivity index (χ2v) is 4.69. The predicted octanol–water partition coefficient (Wildman–Crippen LogP) is 6.15. The van der Waals surface area contributed by atoms with Crippen LogP contribution in [0.15, 0.2) is 61.8 Å². The molecule has 0 N–H and O–H groups in total. The van der Waals surface area contributed by atoms with Crippen LogP contribution in [0.1, 0.15) is 51.4 Å². The van der Waals surface area contributed by atoms with Crippen molar-refractivity contribution in [2.75, 3.05) is 0 Å². The van der Waals surface area contributed by atoms with E-state index >= 15 is 0 Å². The molecule has 0 unspecified atom stereocenters. The molecule has 0 heteroatoms. The van der Waals surface area contributed by atoms with E-state index in [-0.39, 0.29) is 0 Å². The normalized spacial score (nSPS) is 10.4. The third-order valence-corrected chi connectivity index (χ3v) is 2.98. The minimum atomic E-state index is 1.08. The Hall–Kier alpha value is -1.30. The SMILES string of the molecule is C=CC(=C)CCCCC=CCCCCC(=C)C=C. The molecule has 18 heavy (non-hydrogen) atoms. The molecule has 0 bridgehead atoms. The number of hydrogen-bond donors (Lipinski definition) is 0. The first-order chi connectivity index (χ1) is 8.70. The standard InChI is InChI=1S/C18H28/c1-5-17(3)15-13-11-9-7-8-10-12-14-16-18(4)6-2/h5-8H,1-4,9-16H2. The van der Waals surface area contributed by atoms with Gasteiger partial charge in [-0.2, -0.15) is 0 Å². The van der Waals surface area contributed by atoms with Crippen molar-refractivity contribution >= 4 is 0 Å². The van der Waals surface area contributed by atoms with Crippen LogP contribution < -0.4 is 0 Å². The topological polar surface area (TPSA) is 0 Å². The zero-order valence-electron chi connectivity index (χ0n) is 11.8. The highest BCUT2D eigenvalue weighted by molar-refractivity contribution is 5.10. The molecule has 0 atom stereocenters. The van der Waals surface area contributed by atoms with Crippen LogP contribution in [0.3, 0.4) is 0 Å². The summed E-state index contributed by atoms with van der Waals surface area (Å²) in [5.74, 6) is 0. The number of unbranched alkanes of at least 4 members (excludes halogenated alkanes) is 4. The van der Waals surface area contributed by atoms with Crippen LogP contribution in [0.5, 0.6) is 0 Å². The Morgan fingerprint density at radius 3 is 1.39 bits per heavy atom. The molecule has 0 saturated carbocycles. The molecule has 0 rings (SSSR count). The molecule has 0 radical (unpaired) electrons. The first-order valence-electron chi connectivity index (χ1n) is 6.96. The Kier molecular flexibility index (Phi) is 11.3. The fourth-order valence-corrected chi connectivity index (χ4v) is 1.67. The molecule has 0 nitrogen and oxygen atoms in total. The van der Waals surface area contributed by atoms with E-state index in [1.54, 1.807) is 0 Å². The van der Waals surface area contributed by atoms with Crippen molar-refractivity contribution in [3.05, 3.63) is 61.8 Å². The fraction of sp³-hybridized carbons (Fsp3) is 0.444. The van der Waals surface area contributed by atoms with Crippen LogP contribution >= 0.6 is 0 Å². The molecule has 0 aliphatic rings. The molecule has 0 amide bonds. The minimum absolute atomic E-state index is 1.08. The summed E-state index contributed by atoms with van der Waals surface area (Å²) in [6.07, 6.45) is 17.8. The van der Waals surface area contributed by atoms with Gasteiger partial charge in [0.25, 0.3) is 0 Å². The molecule has 0 fully saturated rings. The molecule has 0 saturated heterocycles. The Bertz CT molecular complexity index is 261. The van der Waals surface area contributed by atoms with Gasteiger partial charge in [-0.1, -0.05) is 61.8 Å². The van der Waals surface area contributed by atoms with E-state index in [2.05, 4.69) is 38.5 Å². The average molecular weight is 244 g/mol. The van der Waals surface area contributed by atoms with E-state index in [1.807, 2.05) is 12.2 Å². The summed E-state index contributed by atoms with van der Waals surface area (Å²) in [7, 11) is 0. The average Bonchev–Trinajstić information content (AvgIpc) is 2.40. The van der Waals surface area contributed by atoms with Crippen molar-refractivity contribution in [1.29, 1.82) is 0 Å². The Morgan fingerprint density at radius 2 is 1.06 bits per heavy atom. The third kappa shape index (κ3) is 11.2. The van der Waals surface area contributed by atoms with Gasteiger partial charge in [0.15, 0.2) is 0 Å². The van der Waals surface area contributed by atoms with Gasteiger partial charge in [0, 0.05) is 0 Å². The zero-order chi connectivity index (χ0) is 13.6. The largest absolute Gasteiger partial charge is 0.0988 e. The number of hydrogen-bond acceptors (Lipinski definition) is 0. The van der Waals surface area contributed by atoms with Crippen molar-refractivity contribution in [2.24, 2.45) is 0 Å². The summed E-state index contributed by atoms with van der Waals surface area (Å²) in [6, 6.07) is 0. The third-order valence-electron chi connectivity index (χ3n) is 2.98. The summed E-state index contributed by atoms with van der Waals surface area (Å²) in [6.45, 7) is 15.2. The molecule has 0 aromatic carbocycles. The van der Waals surface area contributed by atoms with Gasteiger partial charge in [0.1, 0.15) is 0 Å². The van der Waals surface area contributed by atoms with E-state index in [0.29, 0.717) is 0 Å². The van der Waals surface area contributed by atoms with Gasteiger partial charge in [-0.25, -0.2) is 0 Å². The van der Waals surface area contributed by atoms with Gasteiger partial charge in [0.2, 0.25) is 0 Å². The van der Waals surface area contributed by atoms with Gasteiger partial charge in [-0.05, 0) is 51.4 Å². The first-order valence-corrected chi connectivity index (χ1v) is 6.96. The van der Waals surface area contributed by atoms with Crippen LogP contribution in [-0.4, -0.2) is 0 Å². The van der Waals surface area contributed by atoms with Crippen molar-refractivity contribution in [1.82, 2.24) is 0 Å². The molecule has 0 aliphatic carbocycles. The van der Waals surface area contributed by atoms with Gasteiger partial charge >= 0.3 is 0 Å². The molecule has 100 valence electrons. The lowest BCUT2D eigenvalue weighted by atomic mass is 10.1. The van der Waals surface area contributed by atoms with Gasteiger partial charge in [-0.3, -0.25) is 0 Å². The van der Waals surface area contributed by atoms with Crippen molar-refractivity contribution < 1.29 is 0 Å². The van der Waals surface area contributed by atoms with Gasteiger partial charge in [-0.15, -0.1) is 0 Å². The van der Waals surface area contributed by atoms with Crippen molar-refractivity contribution in [3.63, 3.8) is 0 Å². The van der Waals surface area contributed by atoms with Crippen LogP contribution in [0.4, 0.5) is 0 Å². The van der Waals surface area contributed by atoms with E-state index in [0.717, 1.165) is 24.0 Å². The lowest BCUT2D eigenvalue weighted by molar-refractivity contribution is 0.735. The summed E-state index contributed by atoms with van der Waals surface area (Å²) >= 11 is 0. The van der Waals surface area contributed by atoms with Crippen molar-refractivity contribution in [3.8, 4) is 0 Å². The minimum Gasteiger partial charge on any atom is -0.0988 e. The highest BCUT2D eigenvalue weighted by Crippen LogP contribution is 2.10. The Morgan fingerprint density at radius 1 is 0.667 bits per heavy atom. The fourth-order valence-electron chi connectivity index (χ4n) is 1.67. The number of rotatable bonds is 12. The Labute approximate surface area is 113 Å². The lowest BCUT2D eigenvalue weighted by Gasteiger charge is -1.99. The van der Waals surface area contributed by atoms with Crippen LogP contribution in [-0.2, 0) is 0 Å². The summed E-state index contributed by atoms with van der Waals surface area (Å²) in [5, 5.41) is 0. The van der Waals surface area contributed by atoms with E-state index in [1.165, 1.54) is 38.5 Å². The molecule has 0 aliphatic heterocycles. The van der Waals surface area contributed by atoms with E-state index in [4.69, 9.17) is 0 Å². The van der Waals surface area contributed by atoms with E-state index < -0.39 is 0 Å². The lowest BCUT2D eigenvalue weighted by Crippen LogP contribution is -1.79. The Balaban J connectivity index is 3.28. The molecule has 0 spiro atoms. The predicted molar refractivity (Wildman–Crippen MR) is 84.8 cm³/mol. The highest BCUT2D eigenvalue weighted by Gasteiger charge is 1.90. The van der Waals surface area contributed by atoms with Gasteiger partial charge < -0.3 is 0 Å². The van der Waals surface area contributed by atoms with Crippen LogP contribution in [0.2, 0.25) is 0 Å². The molecular weight excluding hydrogens is 216 g/mol. The van der Waals surface area contributed by atoms with Crippen molar-refractivity contribution in [2.45, 2.75) is 51.4 Å². The molecule has 0 aromatic rings.